The molecule has 20 nitrogen and oxygen atoms in total. The first kappa shape index (κ1) is 79.4. The van der Waals surface area contributed by atoms with E-state index in [9.17, 15) is 58.8 Å². The first-order valence-corrected chi connectivity index (χ1v) is 35.2. The van der Waals surface area contributed by atoms with Crippen LogP contribution in [0.1, 0.15) is 135 Å². The Morgan fingerprint density at radius 2 is 0.720 bits per heavy atom. The third-order valence-corrected chi connectivity index (χ3v) is 18.9. The minimum atomic E-state index is -0.603. The second-order valence-electron chi connectivity index (χ2n) is 24.4. The van der Waals surface area contributed by atoms with Gasteiger partial charge in [-0.05, 0) is 184 Å². The van der Waals surface area contributed by atoms with Crippen LogP contribution in [0.5, 0.6) is 23.0 Å². The number of carbonyl (C=O) groups excluding carboxylic acids is 4. The van der Waals surface area contributed by atoms with Crippen LogP contribution in [-0.2, 0) is 45.8 Å². The molecule has 0 aliphatic heterocycles. The fourth-order valence-corrected chi connectivity index (χ4v) is 11.3. The molecule has 4 heterocycles. The fourth-order valence-electron chi connectivity index (χ4n) is 10.1. The van der Waals surface area contributed by atoms with E-state index in [0.717, 1.165) is 73.6 Å². The Morgan fingerprint density at radius 3 is 1.05 bits per heavy atom. The summed E-state index contributed by atoms with van der Waals surface area (Å²) in [7, 11) is 1.50. The molecule has 10 rings (SSSR count). The van der Waals surface area contributed by atoms with Gasteiger partial charge in [0.25, 0.3) is 45.9 Å². The maximum atomic E-state index is 12.2. The Hall–Kier alpha value is -7.92. The van der Waals surface area contributed by atoms with E-state index in [2.05, 4.69) is 21.3 Å². The van der Waals surface area contributed by atoms with Gasteiger partial charge in [-0.25, -0.2) is 0 Å². The van der Waals surface area contributed by atoms with Gasteiger partial charge in [0.2, 0.25) is 0 Å². The van der Waals surface area contributed by atoms with Crippen LogP contribution in [0.3, 0.4) is 0 Å². The number of amides is 4. The van der Waals surface area contributed by atoms with E-state index in [0.29, 0.717) is 111 Å². The standard InChI is InChI=1S/C19H20Cl2N2O3.C19H22Cl2N2O3.C18H18Cl2N2O3.C16H16Cl2N2O3/c20-15-6-5-12(10-16(15)21)2-1-8-22-18(25)14-7-9-23(11-13-3-4-13)19(26)17(14)24;1-12(2)11-23-9-7-14(17(24)19(23)26)18(25)22-8-3-4-13-5-6-15(20)16(21)10-13;19-14-6-3-11(10-15(14)20)2-1-8-21-17(24)13-7-9-22(12-4-5-12)18(25)16(13)23;1-20-8-6-11(14(21)16(20)23)15(22)19-7-2-3-10-4-5-12(17)13(18)9-10/h5-7,9-10,13,24H,1-4,8,11H2,(H,22,25);5-7,9-10,12,24H,3-4,8,11H2,1-2H3,(H,22,25);3,6-7,9-10,12,23H,1-2,4-5,8H2,(H,21,24);4-6,8-9,21H,2-3,7H2,1H3,(H,19,22). The first-order chi connectivity index (χ1) is 47.6. The van der Waals surface area contributed by atoms with Crippen LogP contribution in [0, 0.1) is 11.8 Å². The predicted octanol–water partition coefficient (Wildman–Crippen LogP) is 13.8. The molecule has 4 amide bonds. The van der Waals surface area contributed by atoms with Crippen LogP contribution in [0.15, 0.2) is 141 Å². The lowest BCUT2D eigenvalue weighted by atomic mass is 10.1. The Balaban J connectivity index is 0.000000187. The number of nitrogens with one attached hydrogen (secondary N) is 4. The highest BCUT2D eigenvalue weighted by Gasteiger charge is 2.28. The minimum absolute atomic E-state index is 0.00968. The zero-order valence-corrected chi connectivity index (χ0v) is 60.9. The molecule has 0 radical (unpaired) electrons. The van der Waals surface area contributed by atoms with Crippen molar-refractivity contribution in [2.75, 3.05) is 26.2 Å². The van der Waals surface area contributed by atoms with Gasteiger partial charge < -0.3 is 60.0 Å². The normalized spacial score (nSPS) is 12.2. The van der Waals surface area contributed by atoms with Crippen LogP contribution in [0.2, 0.25) is 40.2 Å². The molecule has 532 valence electrons. The van der Waals surface area contributed by atoms with Crippen molar-refractivity contribution < 1.29 is 39.6 Å². The summed E-state index contributed by atoms with van der Waals surface area (Å²) in [5, 5.41) is 54.7. The number of benzene rings is 4. The zero-order chi connectivity index (χ0) is 72.9. The van der Waals surface area contributed by atoms with Gasteiger partial charge in [0, 0.05) is 77.1 Å². The Morgan fingerprint density at radius 1 is 0.410 bits per heavy atom. The predicted molar refractivity (Wildman–Crippen MR) is 395 cm³/mol. The van der Waals surface area contributed by atoms with E-state index in [1.807, 2.05) is 38.1 Å². The number of halogens is 8. The molecule has 2 aliphatic rings. The van der Waals surface area contributed by atoms with E-state index in [1.54, 1.807) is 60.9 Å². The molecule has 0 bridgehead atoms. The van der Waals surface area contributed by atoms with Crippen molar-refractivity contribution in [3.05, 3.63) is 248 Å². The van der Waals surface area contributed by atoms with Gasteiger partial charge in [-0.1, -0.05) is 131 Å². The molecule has 8 N–H and O–H groups in total. The molecule has 8 aromatic rings. The maximum Gasteiger partial charge on any atom is 0.293 e. The van der Waals surface area contributed by atoms with E-state index in [1.165, 1.54) is 62.0 Å². The number of aromatic hydroxyl groups is 4. The summed E-state index contributed by atoms with van der Waals surface area (Å²) in [5.74, 6) is -3.13. The highest BCUT2D eigenvalue weighted by molar-refractivity contribution is 6.43. The van der Waals surface area contributed by atoms with Gasteiger partial charge in [0.05, 0.1) is 62.4 Å². The summed E-state index contributed by atoms with van der Waals surface area (Å²) >= 11 is 47.3. The smallest absolute Gasteiger partial charge is 0.293 e. The van der Waals surface area contributed by atoms with Gasteiger partial charge >= 0.3 is 0 Å². The summed E-state index contributed by atoms with van der Waals surface area (Å²) in [6, 6.07) is 27.7. The molecule has 0 atom stereocenters. The lowest BCUT2D eigenvalue weighted by Crippen LogP contribution is -2.28. The highest BCUT2D eigenvalue weighted by Crippen LogP contribution is 2.34. The molecular formula is C72H76Cl8N8O12. The van der Waals surface area contributed by atoms with Crippen molar-refractivity contribution in [2.24, 2.45) is 18.9 Å². The van der Waals surface area contributed by atoms with Crippen LogP contribution < -0.4 is 43.5 Å². The number of pyridine rings is 4. The van der Waals surface area contributed by atoms with E-state index < -0.39 is 68.9 Å². The van der Waals surface area contributed by atoms with Gasteiger partial charge in [-0.15, -0.1) is 0 Å². The molecule has 0 unspecified atom stereocenters. The topological polar surface area (TPSA) is 285 Å². The monoisotopic (exact) mass is 1520 g/mol. The lowest BCUT2D eigenvalue weighted by Gasteiger charge is -2.11. The molecule has 0 saturated heterocycles. The van der Waals surface area contributed by atoms with Crippen molar-refractivity contribution >= 4 is 116 Å². The summed E-state index contributed by atoms with van der Waals surface area (Å²) < 4.78 is 5.56. The molecule has 4 aromatic heterocycles. The molecule has 2 aliphatic carbocycles. The maximum absolute atomic E-state index is 12.2. The number of nitrogens with zero attached hydrogens (tertiary/aromatic N) is 4. The number of carbonyl (C=O) groups is 4. The highest BCUT2D eigenvalue weighted by atomic mass is 35.5. The second-order valence-corrected chi connectivity index (χ2v) is 27.6. The van der Waals surface area contributed by atoms with Crippen molar-refractivity contribution in [1.82, 2.24) is 39.5 Å². The average molecular weight is 1530 g/mol. The number of aromatic nitrogens is 4. The SMILES string of the molecule is CC(C)Cn1ccc(C(=O)NCCCc2ccc(Cl)c(Cl)c2)c(O)c1=O.Cn1ccc(C(=O)NCCCc2ccc(Cl)c(Cl)c2)c(O)c1=O.O=C(NCCCc1ccc(Cl)c(Cl)c1)c1ccn(C2CC2)c(=O)c1O.O=C(NCCCc1ccc(Cl)c(Cl)c1)c1ccn(CC2CC2)c(=O)c1O. The van der Waals surface area contributed by atoms with E-state index >= 15 is 0 Å². The second kappa shape index (κ2) is 38.2. The van der Waals surface area contributed by atoms with Crippen molar-refractivity contribution in [1.29, 1.82) is 0 Å². The lowest BCUT2D eigenvalue weighted by molar-refractivity contribution is 0.0941. The summed E-state index contributed by atoms with van der Waals surface area (Å²) in [6.45, 7) is 6.68. The number of hydrogen-bond acceptors (Lipinski definition) is 12. The number of hydrogen-bond donors (Lipinski definition) is 8. The number of rotatable bonds is 25. The van der Waals surface area contributed by atoms with Crippen LogP contribution in [0.4, 0.5) is 0 Å². The van der Waals surface area contributed by atoms with Gasteiger partial charge in [-0.2, -0.15) is 0 Å². The van der Waals surface area contributed by atoms with Crippen molar-refractivity contribution in [3.8, 4) is 23.0 Å². The van der Waals surface area contributed by atoms with Gasteiger partial charge in [0.1, 0.15) is 0 Å². The zero-order valence-electron chi connectivity index (χ0n) is 54.9. The minimum Gasteiger partial charge on any atom is -0.502 e. The summed E-state index contributed by atoms with van der Waals surface area (Å²) in [4.78, 5) is 96.5. The van der Waals surface area contributed by atoms with Gasteiger partial charge in [-0.3, -0.25) is 38.4 Å². The summed E-state index contributed by atoms with van der Waals surface area (Å²) in [5.41, 5.74) is 1.90. The first-order valence-electron chi connectivity index (χ1n) is 32.2. The Kier molecular flexibility index (Phi) is 30.3. The number of aryl methyl sites for hydroxylation is 5. The molecule has 28 heteroatoms. The molecule has 4 aromatic carbocycles. The van der Waals surface area contributed by atoms with E-state index in [4.69, 9.17) is 92.8 Å². The average Bonchev–Trinajstić information content (AvgIpc) is 1.54. The largest absolute Gasteiger partial charge is 0.502 e. The van der Waals surface area contributed by atoms with Crippen molar-refractivity contribution in [3.63, 3.8) is 0 Å². The van der Waals surface area contributed by atoms with Crippen LogP contribution in [-0.4, -0.2) is 88.5 Å². The Labute approximate surface area is 617 Å². The molecule has 100 heavy (non-hydrogen) atoms. The van der Waals surface area contributed by atoms with Gasteiger partial charge in [0.15, 0.2) is 23.0 Å². The molecular weight excluding hydrogens is 1450 g/mol. The quantitative estimate of drug-likeness (QED) is 0.0248. The van der Waals surface area contributed by atoms with Crippen LogP contribution >= 0.6 is 92.8 Å². The van der Waals surface area contributed by atoms with E-state index in [-0.39, 0.29) is 34.2 Å². The molecule has 2 fully saturated rings. The summed E-state index contributed by atoms with van der Waals surface area (Å²) in [6.07, 6.45) is 15.9. The third-order valence-electron chi connectivity index (χ3n) is 15.9. The fraction of sp³-hybridized carbons (Fsp3) is 0.333. The molecule has 2 saturated carbocycles. The Bertz CT molecular complexity index is 4360. The molecule has 0 spiro atoms. The van der Waals surface area contributed by atoms with Crippen molar-refractivity contribution in [2.45, 2.75) is 110 Å². The third kappa shape index (κ3) is 23.6. The van der Waals surface area contributed by atoms with Crippen LogP contribution in [0.25, 0.3) is 0 Å².